The summed E-state index contributed by atoms with van der Waals surface area (Å²) in [4.78, 5) is 11.6. The number of hydrogen-bond acceptors (Lipinski definition) is 5. The third kappa shape index (κ3) is 6.01. The summed E-state index contributed by atoms with van der Waals surface area (Å²) in [6.07, 6.45) is 1.44. The highest BCUT2D eigenvalue weighted by molar-refractivity contribution is 7.98. The van der Waals surface area contributed by atoms with Crippen LogP contribution in [-0.2, 0) is 14.2 Å². The van der Waals surface area contributed by atoms with E-state index in [4.69, 9.17) is 14.2 Å². The van der Waals surface area contributed by atoms with Crippen LogP contribution in [0.3, 0.4) is 0 Å². The quantitative estimate of drug-likeness (QED) is 0.862. The van der Waals surface area contributed by atoms with Crippen LogP contribution in [0.1, 0.15) is 34.6 Å². The molecule has 1 fully saturated rings. The van der Waals surface area contributed by atoms with Crippen molar-refractivity contribution in [3.05, 3.63) is 0 Å². The van der Waals surface area contributed by atoms with Crippen LogP contribution in [0.5, 0.6) is 0 Å². The molecule has 6 heteroatoms. The summed E-state index contributed by atoms with van der Waals surface area (Å²) >= 11 is 1.70. The van der Waals surface area contributed by atoms with E-state index in [9.17, 15) is 4.79 Å². The van der Waals surface area contributed by atoms with Crippen LogP contribution in [0, 0.1) is 0 Å². The van der Waals surface area contributed by atoms with Gasteiger partial charge in [0.1, 0.15) is 11.7 Å². The van der Waals surface area contributed by atoms with Crippen LogP contribution >= 0.6 is 11.8 Å². The Labute approximate surface area is 119 Å². The zero-order valence-corrected chi connectivity index (χ0v) is 13.4. The molecule has 1 amide bonds. The Balaban J connectivity index is 2.44. The molecule has 2 atom stereocenters. The van der Waals surface area contributed by atoms with Crippen LogP contribution in [0.2, 0.25) is 0 Å². The minimum atomic E-state index is -0.597. The van der Waals surface area contributed by atoms with Gasteiger partial charge in [0.15, 0.2) is 5.79 Å². The van der Waals surface area contributed by atoms with Crippen LogP contribution in [-0.4, -0.2) is 48.2 Å². The highest BCUT2D eigenvalue weighted by atomic mass is 32.2. The maximum absolute atomic E-state index is 11.6. The molecule has 0 aromatic rings. The Hall–Kier alpha value is -0.460. The molecule has 0 aromatic heterocycles. The Kier molecular flexibility index (Phi) is 5.53. The summed E-state index contributed by atoms with van der Waals surface area (Å²) in [5, 5.41) is 2.73. The van der Waals surface area contributed by atoms with Crippen molar-refractivity contribution in [2.45, 2.75) is 58.2 Å². The van der Waals surface area contributed by atoms with Crippen LogP contribution < -0.4 is 5.32 Å². The van der Waals surface area contributed by atoms with Gasteiger partial charge in [-0.1, -0.05) is 0 Å². The predicted molar refractivity (Wildman–Crippen MR) is 76.4 cm³/mol. The summed E-state index contributed by atoms with van der Waals surface area (Å²) in [7, 11) is 0. The first kappa shape index (κ1) is 16.6. The average Bonchev–Trinajstić information content (AvgIpc) is 2.48. The first-order chi connectivity index (χ1) is 8.63. The lowest BCUT2D eigenvalue weighted by Gasteiger charge is -2.21. The van der Waals surface area contributed by atoms with Crippen molar-refractivity contribution < 1.29 is 19.0 Å². The normalized spacial score (nSPS) is 26.2. The van der Waals surface area contributed by atoms with Crippen molar-refractivity contribution in [3.8, 4) is 0 Å². The van der Waals surface area contributed by atoms with Gasteiger partial charge in [-0.05, 0) is 40.9 Å². The molecule has 1 aliphatic rings. The number of thioether (sulfide) groups is 1. The zero-order valence-electron chi connectivity index (χ0n) is 12.6. The van der Waals surface area contributed by atoms with Gasteiger partial charge in [0, 0.05) is 12.3 Å². The molecule has 19 heavy (non-hydrogen) atoms. The van der Waals surface area contributed by atoms with Gasteiger partial charge >= 0.3 is 6.09 Å². The number of rotatable bonds is 4. The van der Waals surface area contributed by atoms with Gasteiger partial charge in [-0.25, -0.2) is 4.79 Å². The molecule has 1 heterocycles. The van der Waals surface area contributed by atoms with Crippen LogP contribution in [0.15, 0.2) is 0 Å². The van der Waals surface area contributed by atoms with E-state index in [2.05, 4.69) is 5.32 Å². The summed E-state index contributed by atoms with van der Waals surface area (Å²) < 4.78 is 16.8. The van der Waals surface area contributed by atoms with E-state index in [0.717, 1.165) is 5.75 Å². The number of carbonyl (C=O) groups is 1. The van der Waals surface area contributed by atoms with Gasteiger partial charge in [0.2, 0.25) is 0 Å². The first-order valence-corrected chi connectivity index (χ1v) is 7.84. The van der Waals surface area contributed by atoms with Crippen molar-refractivity contribution in [1.82, 2.24) is 5.32 Å². The van der Waals surface area contributed by atoms with Gasteiger partial charge in [0.05, 0.1) is 6.10 Å². The lowest BCUT2D eigenvalue weighted by Crippen LogP contribution is -2.40. The van der Waals surface area contributed by atoms with Gasteiger partial charge in [0.25, 0.3) is 0 Å². The fraction of sp³-hybridized carbons (Fsp3) is 0.923. The third-order valence-electron chi connectivity index (χ3n) is 2.46. The molecule has 1 aliphatic heterocycles. The Morgan fingerprint density at radius 2 is 1.89 bits per heavy atom. The summed E-state index contributed by atoms with van der Waals surface area (Å²) in [6, 6.07) is 0. The average molecular weight is 291 g/mol. The fourth-order valence-corrected chi connectivity index (χ4v) is 2.50. The second kappa shape index (κ2) is 6.33. The minimum absolute atomic E-state index is 0.0139. The molecule has 0 aromatic carbocycles. The standard InChI is InChI=1S/C13H25NO4S/c1-12(2,3)18-11(15)14-7-9-10(8-19-6)17-13(4,5)16-9/h9-10H,7-8H2,1-6H3,(H,14,15)/t9-,10-/m1/s1. The van der Waals surface area contributed by atoms with Crippen molar-refractivity contribution in [2.24, 2.45) is 0 Å². The van der Waals surface area contributed by atoms with E-state index in [-0.39, 0.29) is 12.2 Å². The number of ether oxygens (including phenoxy) is 3. The van der Waals surface area contributed by atoms with Gasteiger partial charge in [-0.2, -0.15) is 11.8 Å². The van der Waals surface area contributed by atoms with Crippen LogP contribution in [0.25, 0.3) is 0 Å². The number of alkyl carbamates (subject to hydrolysis) is 1. The van der Waals surface area contributed by atoms with Gasteiger partial charge in [-0.15, -0.1) is 0 Å². The van der Waals surface area contributed by atoms with Crippen molar-refractivity contribution in [2.75, 3.05) is 18.6 Å². The molecule has 0 unspecified atom stereocenters. The monoisotopic (exact) mass is 291 g/mol. The second-order valence-electron chi connectivity index (χ2n) is 6.05. The van der Waals surface area contributed by atoms with Crippen molar-refractivity contribution >= 4 is 17.9 Å². The maximum Gasteiger partial charge on any atom is 0.407 e. The largest absolute Gasteiger partial charge is 0.444 e. The summed E-state index contributed by atoms with van der Waals surface area (Å²) in [5.41, 5.74) is -0.491. The van der Waals surface area contributed by atoms with Crippen molar-refractivity contribution in [3.63, 3.8) is 0 Å². The lowest BCUT2D eigenvalue weighted by atomic mass is 10.2. The number of carbonyl (C=O) groups excluding carboxylic acids is 1. The van der Waals surface area contributed by atoms with E-state index in [1.54, 1.807) is 11.8 Å². The second-order valence-corrected chi connectivity index (χ2v) is 6.96. The van der Waals surface area contributed by atoms with Crippen molar-refractivity contribution in [1.29, 1.82) is 0 Å². The maximum atomic E-state index is 11.6. The van der Waals surface area contributed by atoms with E-state index in [0.29, 0.717) is 6.54 Å². The Morgan fingerprint density at radius 3 is 2.42 bits per heavy atom. The first-order valence-electron chi connectivity index (χ1n) is 6.44. The molecule has 0 saturated carbocycles. The van der Waals surface area contributed by atoms with Gasteiger partial charge in [-0.3, -0.25) is 0 Å². The molecular formula is C13H25NO4S. The van der Waals surface area contributed by atoms with Gasteiger partial charge < -0.3 is 19.5 Å². The number of amides is 1. The molecule has 0 spiro atoms. The smallest absolute Gasteiger partial charge is 0.407 e. The zero-order chi connectivity index (χ0) is 14.7. The minimum Gasteiger partial charge on any atom is -0.444 e. The highest BCUT2D eigenvalue weighted by Gasteiger charge is 2.41. The molecule has 1 N–H and O–H groups in total. The molecule has 0 bridgehead atoms. The lowest BCUT2D eigenvalue weighted by molar-refractivity contribution is -0.144. The molecular weight excluding hydrogens is 266 g/mol. The highest BCUT2D eigenvalue weighted by Crippen LogP contribution is 2.29. The Bertz CT molecular complexity index is 314. The number of hydrogen-bond donors (Lipinski definition) is 1. The molecule has 0 radical (unpaired) electrons. The van der Waals surface area contributed by atoms with E-state index < -0.39 is 17.5 Å². The SMILES string of the molecule is CSC[C@H]1OC(C)(C)O[C@@H]1CNC(=O)OC(C)(C)C. The fourth-order valence-electron chi connectivity index (χ4n) is 1.89. The Morgan fingerprint density at radius 1 is 1.32 bits per heavy atom. The topological polar surface area (TPSA) is 56.8 Å². The van der Waals surface area contributed by atoms with Crippen LogP contribution in [0.4, 0.5) is 4.79 Å². The van der Waals surface area contributed by atoms with E-state index >= 15 is 0 Å². The number of nitrogens with one attached hydrogen (secondary N) is 1. The molecule has 1 saturated heterocycles. The molecule has 112 valence electrons. The molecule has 1 rings (SSSR count). The molecule has 5 nitrogen and oxygen atoms in total. The third-order valence-corrected chi connectivity index (χ3v) is 3.12. The van der Waals surface area contributed by atoms with E-state index in [1.807, 2.05) is 40.9 Å². The summed E-state index contributed by atoms with van der Waals surface area (Å²) in [5.74, 6) is 0.241. The summed E-state index contributed by atoms with van der Waals surface area (Å²) in [6.45, 7) is 9.66. The molecule has 0 aliphatic carbocycles. The predicted octanol–water partition coefficient (Wildman–Crippen LogP) is 2.39. The van der Waals surface area contributed by atoms with E-state index in [1.165, 1.54) is 0 Å².